The van der Waals surface area contributed by atoms with Gasteiger partial charge in [-0.3, -0.25) is 9.59 Å². The van der Waals surface area contributed by atoms with E-state index in [4.69, 9.17) is 24.0 Å². The van der Waals surface area contributed by atoms with Gasteiger partial charge in [0.05, 0.1) is 25.7 Å². The second kappa shape index (κ2) is 12.9. The van der Waals surface area contributed by atoms with Gasteiger partial charge in [0.1, 0.15) is 6.61 Å². The molecule has 1 N–H and O–H groups in total. The van der Waals surface area contributed by atoms with Crippen LogP contribution in [-0.4, -0.2) is 55.3 Å². The Morgan fingerprint density at radius 1 is 1.17 bits per heavy atom. The van der Waals surface area contributed by atoms with Crippen LogP contribution in [0.2, 0.25) is 0 Å². The first-order chi connectivity index (χ1) is 17.3. The highest BCUT2D eigenvalue weighted by Crippen LogP contribution is 2.30. The summed E-state index contributed by atoms with van der Waals surface area (Å²) in [5.74, 6) is -2.06. The van der Waals surface area contributed by atoms with E-state index in [1.54, 1.807) is 6.92 Å². The quantitative estimate of drug-likeness (QED) is 0.315. The molecule has 0 spiro atoms. The monoisotopic (exact) mass is 500 g/mol. The lowest BCUT2D eigenvalue weighted by atomic mass is 9.94. The lowest BCUT2D eigenvalue weighted by molar-refractivity contribution is -0.215. The van der Waals surface area contributed by atoms with Crippen molar-refractivity contribution in [3.63, 3.8) is 0 Å². The Kier molecular flexibility index (Phi) is 9.63. The number of rotatable bonds is 9. The minimum Gasteiger partial charge on any atom is -0.493 e. The third-order valence-electron chi connectivity index (χ3n) is 5.42. The molecule has 0 unspecified atom stereocenters. The summed E-state index contributed by atoms with van der Waals surface area (Å²) in [6.07, 6.45) is 1.54. The van der Waals surface area contributed by atoms with E-state index in [0.29, 0.717) is 12.8 Å². The molecular weight excluding hydrogens is 468 g/mol. The van der Waals surface area contributed by atoms with Crippen molar-refractivity contribution in [1.29, 1.82) is 0 Å². The fourth-order valence-electron chi connectivity index (χ4n) is 3.63. The number of aromatic nitrogens is 1. The van der Waals surface area contributed by atoms with Gasteiger partial charge in [0.15, 0.2) is 17.5 Å². The first-order valence-electron chi connectivity index (χ1n) is 11.8. The van der Waals surface area contributed by atoms with Crippen LogP contribution in [0.15, 0.2) is 42.6 Å². The molecule has 0 radical (unpaired) electrons. The van der Waals surface area contributed by atoms with Gasteiger partial charge in [0, 0.05) is 12.3 Å². The van der Waals surface area contributed by atoms with Crippen LogP contribution >= 0.6 is 0 Å². The Morgan fingerprint density at radius 2 is 1.92 bits per heavy atom. The molecule has 2 heterocycles. The van der Waals surface area contributed by atoms with Gasteiger partial charge >= 0.3 is 11.9 Å². The van der Waals surface area contributed by atoms with Crippen molar-refractivity contribution in [2.75, 3.05) is 20.3 Å². The smallest absolute Gasteiger partial charge is 0.332 e. The second-order valence-corrected chi connectivity index (χ2v) is 8.98. The van der Waals surface area contributed by atoms with E-state index in [2.05, 4.69) is 10.3 Å². The SMILES string of the molecule is COc1ccnc(C(=O)N[C@H]2COC(=O)[C@H](Cc3ccccc3)C[C@H](C)OC2=O)c1OOCC(C)C. The van der Waals surface area contributed by atoms with Gasteiger partial charge in [-0.1, -0.05) is 44.2 Å². The largest absolute Gasteiger partial charge is 0.493 e. The molecule has 10 heteroatoms. The number of carbonyl (C=O) groups is 3. The molecule has 3 rings (SSSR count). The van der Waals surface area contributed by atoms with Gasteiger partial charge in [-0.25, -0.2) is 9.78 Å². The van der Waals surface area contributed by atoms with E-state index in [-0.39, 0.29) is 36.3 Å². The first kappa shape index (κ1) is 26.9. The third-order valence-corrected chi connectivity index (χ3v) is 5.42. The highest BCUT2D eigenvalue weighted by Gasteiger charge is 2.33. The van der Waals surface area contributed by atoms with Crippen LogP contribution in [-0.2, 0) is 30.4 Å². The van der Waals surface area contributed by atoms with Crippen molar-refractivity contribution in [3.05, 3.63) is 53.9 Å². The van der Waals surface area contributed by atoms with Gasteiger partial charge in [-0.2, -0.15) is 4.89 Å². The summed E-state index contributed by atoms with van der Waals surface area (Å²) >= 11 is 0. The Labute approximate surface area is 210 Å². The molecule has 1 amide bonds. The zero-order valence-corrected chi connectivity index (χ0v) is 20.9. The van der Waals surface area contributed by atoms with Crippen LogP contribution < -0.4 is 14.9 Å². The van der Waals surface area contributed by atoms with Crippen LogP contribution in [0.4, 0.5) is 0 Å². The minimum atomic E-state index is -1.24. The molecule has 1 aromatic heterocycles. The van der Waals surface area contributed by atoms with Gasteiger partial charge in [0.25, 0.3) is 5.91 Å². The highest BCUT2D eigenvalue weighted by molar-refractivity contribution is 5.98. The van der Waals surface area contributed by atoms with E-state index in [1.807, 2.05) is 44.2 Å². The van der Waals surface area contributed by atoms with Crippen LogP contribution in [0.1, 0.15) is 43.2 Å². The maximum atomic E-state index is 13.1. The normalized spacial score (nSPS) is 20.4. The summed E-state index contributed by atoms with van der Waals surface area (Å²) in [5, 5.41) is 2.53. The number of hydrogen-bond donors (Lipinski definition) is 1. The van der Waals surface area contributed by atoms with E-state index in [9.17, 15) is 14.4 Å². The standard InChI is InChI=1S/C26H32N2O8/c1-16(2)14-34-36-23-21(32-4)10-11-27-22(23)24(29)28-20-15-33-25(30)19(12-17(3)35-26(20)31)13-18-8-6-5-7-9-18/h5-11,16-17,19-20H,12-15H2,1-4H3,(H,28,29)/t17-,19-,20-/m0/s1. The number of cyclic esters (lactones) is 2. The summed E-state index contributed by atoms with van der Waals surface area (Å²) in [5.41, 5.74) is 0.811. The second-order valence-electron chi connectivity index (χ2n) is 8.98. The Hall–Kier alpha value is -3.66. The molecule has 2 aromatic rings. The number of nitrogens with zero attached hydrogens (tertiary/aromatic N) is 1. The van der Waals surface area contributed by atoms with Crippen LogP contribution in [0.5, 0.6) is 11.5 Å². The highest BCUT2D eigenvalue weighted by atomic mass is 17.2. The lowest BCUT2D eigenvalue weighted by Gasteiger charge is -2.19. The molecule has 0 bridgehead atoms. The third kappa shape index (κ3) is 7.42. The molecule has 194 valence electrons. The Bertz CT molecular complexity index is 1040. The maximum Gasteiger partial charge on any atom is 0.332 e. The van der Waals surface area contributed by atoms with Crippen molar-refractivity contribution in [2.45, 2.75) is 45.8 Å². The summed E-state index contributed by atoms with van der Waals surface area (Å²) in [7, 11) is 1.41. The molecule has 36 heavy (non-hydrogen) atoms. The van der Waals surface area contributed by atoms with Crippen molar-refractivity contribution in [2.24, 2.45) is 11.8 Å². The fourth-order valence-corrected chi connectivity index (χ4v) is 3.63. The molecule has 0 saturated carbocycles. The molecule has 1 aromatic carbocycles. The summed E-state index contributed by atoms with van der Waals surface area (Å²) in [6, 6.07) is 9.79. The predicted octanol–water partition coefficient (Wildman–Crippen LogP) is 2.89. The van der Waals surface area contributed by atoms with E-state index >= 15 is 0 Å². The molecule has 1 saturated heterocycles. The molecule has 1 aliphatic rings. The van der Waals surface area contributed by atoms with Crippen molar-refractivity contribution < 1.29 is 38.4 Å². The molecule has 3 atom stereocenters. The number of methoxy groups -OCH3 is 1. The van der Waals surface area contributed by atoms with Gasteiger partial charge in [-0.15, -0.1) is 0 Å². The summed E-state index contributed by atoms with van der Waals surface area (Å²) in [4.78, 5) is 53.3. The number of carbonyl (C=O) groups excluding carboxylic acids is 3. The van der Waals surface area contributed by atoms with Crippen LogP contribution in [0, 0.1) is 11.8 Å². The van der Waals surface area contributed by atoms with Crippen molar-refractivity contribution >= 4 is 17.8 Å². The van der Waals surface area contributed by atoms with E-state index in [1.165, 1.54) is 19.4 Å². The van der Waals surface area contributed by atoms with Crippen molar-refractivity contribution in [1.82, 2.24) is 10.3 Å². The number of amides is 1. The number of nitrogens with one attached hydrogen (secondary N) is 1. The minimum absolute atomic E-state index is 0.0390. The predicted molar refractivity (Wildman–Crippen MR) is 128 cm³/mol. The summed E-state index contributed by atoms with van der Waals surface area (Å²) in [6.45, 7) is 5.46. The molecular formula is C26H32N2O8. The fraction of sp³-hybridized carbons (Fsp3) is 0.462. The number of benzene rings is 1. The number of pyridine rings is 1. The van der Waals surface area contributed by atoms with Crippen LogP contribution in [0.3, 0.4) is 0 Å². The van der Waals surface area contributed by atoms with E-state index < -0.39 is 35.9 Å². The average molecular weight is 501 g/mol. The molecule has 0 aliphatic carbocycles. The van der Waals surface area contributed by atoms with Gasteiger partial charge in [0.2, 0.25) is 5.75 Å². The zero-order chi connectivity index (χ0) is 26.1. The average Bonchev–Trinajstić information content (AvgIpc) is 2.89. The Morgan fingerprint density at radius 3 is 2.61 bits per heavy atom. The zero-order valence-electron chi connectivity index (χ0n) is 20.9. The molecule has 1 fully saturated rings. The number of esters is 2. The van der Waals surface area contributed by atoms with Gasteiger partial charge in [-0.05, 0) is 31.2 Å². The topological polar surface area (TPSA) is 122 Å². The molecule has 10 nitrogen and oxygen atoms in total. The van der Waals surface area contributed by atoms with E-state index in [0.717, 1.165) is 5.56 Å². The summed E-state index contributed by atoms with van der Waals surface area (Å²) < 4.78 is 16.2. The van der Waals surface area contributed by atoms with Gasteiger partial charge < -0.3 is 24.4 Å². The molecule has 1 aliphatic heterocycles. The maximum absolute atomic E-state index is 13.1. The number of hydrogen-bond acceptors (Lipinski definition) is 9. The first-order valence-corrected chi connectivity index (χ1v) is 11.8. The van der Waals surface area contributed by atoms with Crippen molar-refractivity contribution in [3.8, 4) is 11.5 Å². The Balaban J connectivity index is 1.74. The van der Waals surface area contributed by atoms with Crippen LogP contribution in [0.25, 0.3) is 0 Å². The lowest BCUT2D eigenvalue weighted by Crippen LogP contribution is -2.46. The number of ether oxygens (including phenoxy) is 3.